The number of carbonyl (C=O) groups excluding carboxylic acids is 4. The summed E-state index contributed by atoms with van der Waals surface area (Å²) in [6, 6.07) is 13.8. The van der Waals surface area contributed by atoms with Crippen molar-refractivity contribution in [1.29, 1.82) is 0 Å². The molecule has 176 valence electrons. The van der Waals surface area contributed by atoms with E-state index in [2.05, 4.69) is 22.9 Å². The minimum atomic E-state index is -0.598. The Bertz CT molecular complexity index is 1160. The number of benzene rings is 2. The molecular formula is C26H25BrN2O5. The summed E-state index contributed by atoms with van der Waals surface area (Å²) in [6.45, 7) is 2.35. The summed E-state index contributed by atoms with van der Waals surface area (Å²) in [5.41, 5.74) is 1.15. The highest BCUT2D eigenvalue weighted by Gasteiger charge is 2.50. The summed E-state index contributed by atoms with van der Waals surface area (Å²) in [5.74, 6) is -1.43. The topological polar surface area (TPSA) is 84.0 Å². The second-order valence-corrected chi connectivity index (χ2v) is 10.4. The molecule has 2 aromatic carbocycles. The first-order chi connectivity index (χ1) is 16.3. The van der Waals surface area contributed by atoms with E-state index in [-0.39, 0.29) is 48.3 Å². The highest BCUT2D eigenvalue weighted by molar-refractivity contribution is 9.10. The number of anilines is 2. The number of ether oxygens (including phenoxy) is 1. The molecule has 2 aromatic rings. The van der Waals surface area contributed by atoms with Gasteiger partial charge in [-0.25, -0.2) is 4.90 Å². The number of esters is 1. The average molecular weight is 525 g/mol. The molecule has 0 N–H and O–H groups in total. The van der Waals surface area contributed by atoms with Gasteiger partial charge in [0.2, 0.25) is 17.7 Å². The van der Waals surface area contributed by atoms with Gasteiger partial charge in [-0.1, -0.05) is 28.9 Å². The summed E-state index contributed by atoms with van der Waals surface area (Å²) < 4.78 is 6.49. The van der Waals surface area contributed by atoms with E-state index in [0.717, 1.165) is 29.4 Å². The molecular weight excluding hydrogens is 500 g/mol. The third-order valence-electron chi connectivity index (χ3n) is 7.08. The average Bonchev–Trinajstić information content (AvgIpc) is 3.32. The fourth-order valence-corrected chi connectivity index (χ4v) is 5.53. The molecule has 2 saturated heterocycles. The van der Waals surface area contributed by atoms with Crippen molar-refractivity contribution in [2.45, 2.75) is 32.6 Å². The first-order valence-corrected chi connectivity index (χ1v) is 12.4. The van der Waals surface area contributed by atoms with E-state index in [4.69, 9.17) is 4.74 Å². The molecule has 2 heterocycles. The Morgan fingerprint density at radius 3 is 2.47 bits per heavy atom. The molecule has 0 bridgehead atoms. The SMILES string of the molecule is C[C@@H]1CC[C@@H]2C(=O)N(c3cccc(OC(=O)[C@@H]4CC(=O)N(c5ccc(Br)cc5)C4)c3)C(=O)[C@H]2C1. The Hall–Kier alpha value is -3.00. The van der Waals surface area contributed by atoms with Crippen molar-refractivity contribution in [3.05, 3.63) is 53.0 Å². The van der Waals surface area contributed by atoms with Gasteiger partial charge in [0.25, 0.3) is 0 Å². The van der Waals surface area contributed by atoms with Crippen LogP contribution in [-0.2, 0) is 19.2 Å². The smallest absolute Gasteiger partial charge is 0.316 e. The van der Waals surface area contributed by atoms with Crippen molar-refractivity contribution >= 4 is 51.0 Å². The maximum Gasteiger partial charge on any atom is 0.316 e. The maximum absolute atomic E-state index is 13.0. The molecule has 0 unspecified atom stereocenters. The van der Waals surface area contributed by atoms with Crippen molar-refractivity contribution in [3.8, 4) is 5.75 Å². The molecule has 8 heteroatoms. The van der Waals surface area contributed by atoms with Crippen LogP contribution >= 0.6 is 15.9 Å². The molecule has 0 radical (unpaired) electrons. The summed E-state index contributed by atoms with van der Waals surface area (Å²) in [5, 5.41) is 0. The first-order valence-electron chi connectivity index (χ1n) is 11.6. The van der Waals surface area contributed by atoms with E-state index >= 15 is 0 Å². The van der Waals surface area contributed by atoms with E-state index in [0.29, 0.717) is 11.6 Å². The number of hydrogen-bond acceptors (Lipinski definition) is 5. The second-order valence-electron chi connectivity index (χ2n) is 9.44. The molecule has 3 aliphatic rings. The molecule has 34 heavy (non-hydrogen) atoms. The molecule has 3 fully saturated rings. The largest absolute Gasteiger partial charge is 0.426 e. The zero-order valence-electron chi connectivity index (χ0n) is 18.8. The number of nitrogens with zero attached hydrogens (tertiary/aromatic N) is 2. The fourth-order valence-electron chi connectivity index (χ4n) is 5.27. The van der Waals surface area contributed by atoms with Crippen LogP contribution in [0.5, 0.6) is 5.75 Å². The third-order valence-corrected chi connectivity index (χ3v) is 7.61. The van der Waals surface area contributed by atoms with Gasteiger partial charge in [0, 0.05) is 29.2 Å². The van der Waals surface area contributed by atoms with Crippen LogP contribution in [0.3, 0.4) is 0 Å². The minimum absolute atomic E-state index is 0.0687. The lowest BCUT2D eigenvalue weighted by Gasteiger charge is -2.25. The van der Waals surface area contributed by atoms with Crippen molar-refractivity contribution in [1.82, 2.24) is 0 Å². The van der Waals surface area contributed by atoms with E-state index in [1.165, 1.54) is 4.90 Å². The Balaban J connectivity index is 1.28. The van der Waals surface area contributed by atoms with E-state index in [1.807, 2.05) is 24.3 Å². The lowest BCUT2D eigenvalue weighted by Crippen LogP contribution is -2.31. The van der Waals surface area contributed by atoms with Gasteiger partial charge in [0.15, 0.2) is 0 Å². The van der Waals surface area contributed by atoms with Gasteiger partial charge >= 0.3 is 5.97 Å². The molecule has 2 aliphatic heterocycles. The van der Waals surface area contributed by atoms with Gasteiger partial charge in [-0.3, -0.25) is 19.2 Å². The molecule has 3 amide bonds. The van der Waals surface area contributed by atoms with Crippen LogP contribution in [0.15, 0.2) is 53.0 Å². The van der Waals surface area contributed by atoms with Crippen molar-refractivity contribution in [2.24, 2.45) is 23.7 Å². The lowest BCUT2D eigenvalue weighted by molar-refractivity contribution is -0.139. The summed E-state index contributed by atoms with van der Waals surface area (Å²) in [4.78, 5) is 54.2. The van der Waals surface area contributed by atoms with Crippen LogP contribution in [0, 0.1) is 23.7 Å². The van der Waals surface area contributed by atoms with E-state index in [9.17, 15) is 19.2 Å². The molecule has 7 nitrogen and oxygen atoms in total. The van der Waals surface area contributed by atoms with Crippen LogP contribution in [-0.4, -0.2) is 30.2 Å². The molecule has 0 aromatic heterocycles. The second kappa shape index (κ2) is 8.98. The number of hydrogen-bond donors (Lipinski definition) is 0. The molecule has 1 saturated carbocycles. The Kier molecular flexibility index (Phi) is 6.02. The number of imide groups is 1. The van der Waals surface area contributed by atoms with Crippen LogP contribution in [0.4, 0.5) is 11.4 Å². The zero-order chi connectivity index (χ0) is 24.0. The van der Waals surface area contributed by atoms with Crippen LogP contribution in [0.2, 0.25) is 0 Å². The van der Waals surface area contributed by atoms with Crippen LogP contribution in [0.1, 0.15) is 32.6 Å². The standard InChI is InChI=1S/C26H25BrN2O5/c1-15-5-10-21-22(11-15)25(32)29(24(21)31)19-3-2-4-20(13-19)34-26(33)16-12-23(30)28(14-16)18-8-6-17(27)7-9-18/h2-4,6-9,13,15-16,21-22H,5,10-12,14H2,1H3/t15-,16-,21+,22+/m1/s1. The summed E-state index contributed by atoms with van der Waals surface area (Å²) in [6.07, 6.45) is 2.47. The number of carbonyl (C=O) groups is 4. The fraction of sp³-hybridized carbons (Fsp3) is 0.385. The number of rotatable bonds is 4. The number of halogens is 1. The lowest BCUT2D eigenvalue weighted by atomic mass is 9.76. The minimum Gasteiger partial charge on any atom is -0.426 e. The summed E-state index contributed by atoms with van der Waals surface area (Å²) in [7, 11) is 0. The van der Waals surface area contributed by atoms with Crippen molar-refractivity contribution < 1.29 is 23.9 Å². The van der Waals surface area contributed by atoms with Gasteiger partial charge in [0.1, 0.15) is 5.75 Å². The van der Waals surface area contributed by atoms with Gasteiger partial charge in [-0.15, -0.1) is 0 Å². The molecule has 5 rings (SSSR count). The summed E-state index contributed by atoms with van der Waals surface area (Å²) >= 11 is 3.38. The highest BCUT2D eigenvalue weighted by Crippen LogP contribution is 2.42. The van der Waals surface area contributed by atoms with Crippen LogP contribution in [0.25, 0.3) is 0 Å². The molecule has 0 spiro atoms. The maximum atomic E-state index is 13.0. The molecule has 4 atom stereocenters. The predicted molar refractivity (Wildman–Crippen MR) is 129 cm³/mol. The third kappa shape index (κ3) is 4.15. The number of fused-ring (bicyclic) bond motifs is 1. The van der Waals surface area contributed by atoms with Crippen LogP contribution < -0.4 is 14.5 Å². The number of amides is 3. The Morgan fingerprint density at radius 1 is 0.971 bits per heavy atom. The van der Waals surface area contributed by atoms with E-state index < -0.39 is 11.9 Å². The van der Waals surface area contributed by atoms with E-state index in [1.54, 1.807) is 29.2 Å². The Morgan fingerprint density at radius 2 is 1.71 bits per heavy atom. The zero-order valence-corrected chi connectivity index (χ0v) is 20.4. The Labute approximate surface area is 206 Å². The van der Waals surface area contributed by atoms with Crippen molar-refractivity contribution in [2.75, 3.05) is 16.3 Å². The quantitative estimate of drug-likeness (QED) is 0.337. The highest BCUT2D eigenvalue weighted by atomic mass is 79.9. The molecule has 1 aliphatic carbocycles. The monoisotopic (exact) mass is 524 g/mol. The normalized spacial score (nSPS) is 26.7. The first kappa shape index (κ1) is 22.8. The van der Waals surface area contributed by atoms with Gasteiger partial charge in [-0.05, 0) is 61.6 Å². The predicted octanol–water partition coefficient (Wildman–Crippen LogP) is 4.33. The van der Waals surface area contributed by atoms with Gasteiger partial charge < -0.3 is 9.64 Å². The van der Waals surface area contributed by atoms with Crippen molar-refractivity contribution in [3.63, 3.8) is 0 Å². The van der Waals surface area contributed by atoms with Gasteiger partial charge in [0.05, 0.1) is 23.4 Å². The van der Waals surface area contributed by atoms with Gasteiger partial charge in [-0.2, -0.15) is 0 Å².